The highest BCUT2D eigenvalue weighted by Crippen LogP contribution is 2.23. The molecule has 0 aliphatic carbocycles. The van der Waals surface area contributed by atoms with Crippen molar-refractivity contribution in [1.29, 1.82) is 0 Å². The number of benzene rings is 1. The van der Waals surface area contributed by atoms with Gasteiger partial charge in [-0.2, -0.15) is 5.10 Å². The summed E-state index contributed by atoms with van der Waals surface area (Å²) >= 11 is 0. The second-order valence-electron chi connectivity index (χ2n) is 5.43. The number of rotatable bonds is 6. The topological polar surface area (TPSA) is 86.1 Å². The normalized spacial score (nSPS) is 10.3. The maximum atomic E-state index is 12.4. The van der Waals surface area contributed by atoms with Crippen molar-refractivity contribution in [3.05, 3.63) is 71.3 Å². The number of hydrogen-bond acceptors (Lipinski definition) is 5. The molecule has 0 radical (unpaired) electrons. The van der Waals surface area contributed by atoms with Crippen LogP contribution < -0.4 is 15.6 Å². The molecule has 0 saturated carbocycles. The van der Waals surface area contributed by atoms with Crippen LogP contribution in [0.5, 0.6) is 5.75 Å². The Morgan fingerprint density at radius 1 is 1.15 bits per heavy atom. The Balaban J connectivity index is 1.79. The average Bonchev–Trinajstić information content (AvgIpc) is 2.66. The van der Waals surface area contributed by atoms with Gasteiger partial charge in [-0.1, -0.05) is 12.1 Å². The molecule has 2 heterocycles. The van der Waals surface area contributed by atoms with E-state index in [0.29, 0.717) is 23.7 Å². The molecule has 0 aliphatic heterocycles. The second kappa shape index (κ2) is 8.06. The Morgan fingerprint density at radius 3 is 2.77 bits per heavy atom. The zero-order chi connectivity index (χ0) is 18.4. The standard InChI is InChI=1S/C19H18N4O3/c1-2-26-17-8-4-3-7-16(17)21-18(24)13-23-19(25)10-9-15(22-23)14-6-5-11-20-12-14/h3-12H,2,13H2,1H3,(H,21,24). The number of pyridine rings is 1. The Hall–Kier alpha value is -3.48. The van der Waals surface area contributed by atoms with Crippen LogP contribution in [0.15, 0.2) is 65.7 Å². The first-order valence-corrected chi connectivity index (χ1v) is 8.17. The van der Waals surface area contributed by atoms with E-state index in [0.717, 1.165) is 10.2 Å². The van der Waals surface area contributed by atoms with Crippen LogP contribution in [0.4, 0.5) is 5.69 Å². The van der Waals surface area contributed by atoms with Crippen molar-refractivity contribution in [1.82, 2.24) is 14.8 Å². The van der Waals surface area contributed by atoms with Crippen molar-refractivity contribution in [3.8, 4) is 17.0 Å². The summed E-state index contributed by atoms with van der Waals surface area (Å²) in [6.45, 7) is 2.15. The maximum Gasteiger partial charge on any atom is 0.267 e. The minimum absolute atomic E-state index is 0.201. The minimum Gasteiger partial charge on any atom is -0.492 e. The molecule has 0 unspecified atom stereocenters. The molecule has 0 bridgehead atoms. The summed E-state index contributed by atoms with van der Waals surface area (Å²) in [5, 5.41) is 7.01. The predicted octanol–water partition coefficient (Wildman–Crippen LogP) is 2.34. The Labute approximate surface area is 150 Å². The number of carbonyl (C=O) groups excluding carboxylic acids is 1. The third-order valence-corrected chi connectivity index (χ3v) is 3.58. The van der Waals surface area contributed by atoms with Crippen molar-refractivity contribution >= 4 is 11.6 Å². The summed E-state index contributed by atoms with van der Waals surface area (Å²) in [6, 6.07) is 13.7. The van der Waals surface area contributed by atoms with Crippen LogP contribution in [0, 0.1) is 0 Å². The Kier molecular flexibility index (Phi) is 5.38. The first-order valence-electron chi connectivity index (χ1n) is 8.17. The summed E-state index contributed by atoms with van der Waals surface area (Å²) in [4.78, 5) is 28.4. The van der Waals surface area contributed by atoms with Gasteiger partial charge >= 0.3 is 0 Å². The van der Waals surface area contributed by atoms with Crippen molar-refractivity contribution in [2.45, 2.75) is 13.5 Å². The lowest BCUT2D eigenvalue weighted by molar-refractivity contribution is -0.117. The van der Waals surface area contributed by atoms with Crippen molar-refractivity contribution in [2.75, 3.05) is 11.9 Å². The van der Waals surface area contributed by atoms with Gasteiger partial charge in [-0.15, -0.1) is 0 Å². The van der Waals surface area contributed by atoms with E-state index in [1.165, 1.54) is 6.07 Å². The van der Waals surface area contributed by atoms with Crippen LogP contribution >= 0.6 is 0 Å². The highest BCUT2D eigenvalue weighted by atomic mass is 16.5. The quantitative estimate of drug-likeness (QED) is 0.737. The number of carbonyl (C=O) groups is 1. The molecule has 7 heteroatoms. The third kappa shape index (κ3) is 4.13. The van der Waals surface area contributed by atoms with Gasteiger partial charge in [0.15, 0.2) is 0 Å². The Bertz CT molecular complexity index is 954. The molecule has 0 atom stereocenters. The van der Waals surface area contributed by atoms with E-state index in [9.17, 15) is 9.59 Å². The number of nitrogens with zero attached hydrogens (tertiary/aromatic N) is 3. The predicted molar refractivity (Wildman–Crippen MR) is 98.0 cm³/mol. The number of para-hydroxylation sites is 2. The molecule has 0 fully saturated rings. The lowest BCUT2D eigenvalue weighted by Gasteiger charge is -2.12. The first-order chi connectivity index (χ1) is 12.7. The van der Waals surface area contributed by atoms with E-state index in [-0.39, 0.29) is 18.0 Å². The van der Waals surface area contributed by atoms with Gasteiger partial charge in [0.1, 0.15) is 12.3 Å². The number of aromatic nitrogens is 3. The number of amides is 1. The van der Waals surface area contributed by atoms with E-state index in [1.807, 2.05) is 19.1 Å². The molecular formula is C19H18N4O3. The summed E-state index contributed by atoms with van der Waals surface area (Å²) in [5.41, 5.74) is 1.53. The number of hydrogen-bond donors (Lipinski definition) is 1. The van der Waals surface area contributed by atoms with Gasteiger partial charge in [-0.3, -0.25) is 14.6 Å². The summed E-state index contributed by atoms with van der Waals surface area (Å²) in [5.74, 6) is 0.211. The van der Waals surface area contributed by atoms with E-state index in [4.69, 9.17) is 4.74 Å². The SMILES string of the molecule is CCOc1ccccc1NC(=O)Cn1nc(-c2cccnc2)ccc1=O. The fourth-order valence-corrected chi connectivity index (χ4v) is 2.41. The van der Waals surface area contributed by atoms with Crippen LogP contribution in [0.25, 0.3) is 11.3 Å². The lowest BCUT2D eigenvalue weighted by Crippen LogP contribution is -2.29. The molecule has 1 amide bonds. The van der Waals surface area contributed by atoms with Crippen molar-refractivity contribution in [2.24, 2.45) is 0 Å². The van der Waals surface area contributed by atoms with Crippen LogP contribution in [-0.2, 0) is 11.3 Å². The molecule has 3 rings (SSSR count). The second-order valence-corrected chi connectivity index (χ2v) is 5.43. The van der Waals surface area contributed by atoms with Gasteiger partial charge in [0.05, 0.1) is 18.0 Å². The Morgan fingerprint density at radius 2 is 2.00 bits per heavy atom. The minimum atomic E-state index is -0.366. The highest BCUT2D eigenvalue weighted by molar-refractivity contribution is 5.92. The van der Waals surface area contributed by atoms with Crippen LogP contribution in [0.3, 0.4) is 0 Å². The molecule has 0 saturated heterocycles. The molecule has 0 spiro atoms. The van der Waals surface area contributed by atoms with E-state index in [2.05, 4.69) is 15.4 Å². The summed E-state index contributed by atoms with van der Waals surface area (Å²) in [6.07, 6.45) is 3.30. The molecule has 132 valence electrons. The fourth-order valence-electron chi connectivity index (χ4n) is 2.41. The van der Waals surface area contributed by atoms with E-state index < -0.39 is 0 Å². The molecule has 7 nitrogen and oxygen atoms in total. The molecule has 0 aliphatic rings. The average molecular weight is 350 g/mol. The summed E-state index contributed by atoms with van der Waals surface area (Å²) < 4.78 is 6.61. The molecule has 26 heavy (non-hydrogen) atoms. The zero-order valence-electron chi connectivity index (χ0n) is 14.3. The van der Waals surface area contributed by atoms with Crippen molar-refractivity contribution < 1.29 is 9.53 Å². The van der Waals surface area contributed by atoms with Crippen LogP contribution in [-0.4, -0.2) is 27.3 Å². The van der Waals surface area contributed by atoms with E-state index in [1.54, 1.807) is 42.7 Å². The number of anilines is 1. The third-order valence-electron chi connectivity index (χ3n) is 3.58. The highest BCUT2D eigenvalue weighted by Gasteiger charge is 2.11. The zero-order valence-corrected chi connectivity index (χ0v) is 14.3. The molecular weight excluding hydrogens is 332 g/mol. The monoisotopic (exact) mass is 350 g/mol. The molecule has 2 aromatic heterocycles. The van der Waals surface area contributed by atoms with E-state index >= 15 is 0 Å². The van der Waals surface area contributed by atoms with Gasteiger partial charge in [-0.05, 0) is 37.3 Å². The molecule has 3 aromatic rings. The number of nitrogens with one attached hydrogen (secondary N) is 1. The first kappa shape index (κ1) is 17.3. The van der Waals surface area contributed by atoms with Crippen LogP contribution in [0.1, 0.15) is 6.92 Å². The number of ether oxygens (including phenoxy) is 1. The van der Waals surface area contributed by atoms with Gasteiger partial charge in [0.2, 0.25) is 5.91 Å². The van der Waals surface area contributed by atoms with Gasteiger partial charge in [0, 0.05) is 24.0 Å². The molecule has 1 aromatic carbocycles. The van der Waals surface area contributed by atoms with Crippen molar-refractivity contribution in [3.63, 3.8) is 0 Å². The lowest BCUT2D eigenvalue weighted by atomic mass is 10.2. The largest absolute Gasteiger partial charge is 0.492 e. The van der Waals surface area contributed by atoms with Gasteiger partial charge in [-0.25, -0.2) is 4.68 Å². The van der Waals surface area contributed by atoms with Gasteiger partial charge in [0.25, 0.3) is 5.56 Å². The maximum absolute atomic E-state index is 12.4. The summed E-state index contributed by atoms with van der Waals surface area (Å²) in [7, 11) is 0. The van der Waals surface area contributed by atoms with Gasteiger partial charge < -0.3 is 10.1 Å². The smallest absolute Gasteiger partial charge is 0.267 e. The molecule has 1 N–H and O–H groups in total. The fraction of sp³-hybridized carbons (Fsp3) is 0.158. The van der Waals surface area contributed by atoms with Crippen LogP contribution in [0.2, 0.25) is 0 Å².